The summed E-state index contributed by atoms with van der Waals surface area (Å²) in [6, 6.07) is 0. The monoisotopic (exact) mass is 86.0 g/mol. The van der Waals surface area contributed by atoms with E-state index in [0.717, 1.165) is 0 Å². The maximum absolute atomic E-state index is 9.95. The lowest BCUT2D eigenvalue weighted by Gasteiger charge is -1.94. The van der Waals surface area contributed by atoms with Crippen LogP contribution < -0.4 is 0 Å². The zero-order chi connectivity index (χ0) is 4.41. The first-order valence-electron chi connectivity index (χ1n) is 1.61. The molecule has 6 heavy (non-hydrogen) atoms. The van der Waals surface area contributed by atoms with E-state index in [1.54, 1.807) is 0 Å². The summed E-state index contributed by atoms with van der Waals surface area (Å²) in [5.74, 6) is 0. The number of hydrogen-bond acceptors (Lipinski definition) is 2. The van der Waals surface area contributed by atoms with Crippen molar-refractivity contribution in [1.82, 2.24) is 5.06 Å². The van der Waals surface area contributed by atoms with Crippen molar-refractivity contribution < 1.29 is 9.94 Å². The van der Waals surface area contributed by atoms with E-state index < -0.39 is 0 Å². The fourth-order valence-corrected chi connectivity index (χ4v) is 0.270. The van der Waals surface area contributed by atoms with Gasteiger partial charge in [-0.2, -0.15) is 5.06 Å². The fraction of sp³-hybridized carbons (Fsp3) is 0.333. The lowest BCUT2D eigenvalue weighted by molar-refractivity contribution is -0.140. The molecule has 3 nitrogen and oxygen atoms in total. The molecule has 0 saturated carbocycles. The molecule has 1 radical (unpaired) electrons. The third-order valence-corrected chi connectivity index (χ3v) is 0.525. The first kappa shape index (κ1) is 3.49. The van der Waals surface area contributed by atoms with E-state index in [0.29, 0.717) is 5.06 Å². The predicted octanol–water partition coefficient (Wildman–Crippen LogP) is 0.0928. The third-order valence-electron chi connectivity index (χ3n) is 0.525. The Morgan fingerprint density at radius 3 is 2.83 bits per heavy atom. The van der Waals surface area contributed by atoms with Gasteiger partial charge in [0, 0.05) is 0 Å². The van der Waals surface area contributed by atoms with Crippen LogP contribution in [0.2, 0.25) is 0 Å². The second-order valence-corrected chi connectivity index (χ2v) is 0.998. The van der Waals surface area contributed by atoms with Crippen LogP contribution in [0.15, 0.2) is 12.5 Å². The minimum atomic E-state index is 0.153. The summed E-state index contributed by atoms with van der Waals surface area (Å²) in [6.07, 6.45) is 2.70. The van der Waals surface area contributed by atoms with Crippen LogP contribution in [-0.4, -0.2) is 11.8 Å². The van der Waals surface area contributed by atoms with Gasteiger partial charge in [-0.1, -0.05) is 5.21 Å². The summed E-state index contributed by atoms with van der Waals surface area (Å²) in [6.45, 7) is 0.153. The molecular weight excluding hydrogens is 82.0 g/mol. The number of nitrogens with zero attached hydrogens (tertiary/aromatic N) is 1. The van der Waals surface area contributed by atoms with Gasteiger partial charge in [0.25, 0.3) is 0 Å². The van der Waals surface area contributed by atoms with Gasteiger partial charge in [-0.05, 0) is 0 Å². The molecule has 0 aromatic carbocycles. The number of rotatable bonds is 0. The third kappa shape index (κ3) is 0.440. The van der Waals surface area contributed by atoms with E-state index in [1.165, 1.54) is 12.5 Å². The maximum Gasteiger partial charge on any atom is 0.186 e. The van der Waals surface area contributed by atoms with Crippen LogP contribution in [0.25, 0.3) is 0 Å². The van der Waals surface area contributed by atoms with Crippen LogP contribution >= 0.6 is 0 Å². The normalized spacial score (nSPS) is 18.5. The minimum Gasteiger partial charge on any atom is -0.477 e. The lowest BCUT2D eigenvalue weighted by Crippen LogP contribution is -2.04. The van der Waals surface area contributed by atoms with E-state index in [9.17, 15) is 5.21 Å². The Balaban J connectivity index is 2.38. The first-order chi connectivity index (χ1) is 2.89. The molecule has 0 aromatic rings. The Labute approximate surface area is 35.4 Å². The molecule has 0 saturated heterocycles. The van der Waals surface area contributed by atoms with Crippen molar-refractivity contribution in [2.75, 3.05) is 6.73 Å². The van der Waals surface area contributed by atoms with Crippen molar-refractivity contribution in [3.05, 3.63) is 12.5 Å². The predicted molar refractivity (Wildman–Crippen MR) is 17.6 cm³/mol. The molecule has 0 spiro atoms. The minimum absolute atomic E-state index is 0.153. The summed E-state index contributed by atoms with van der Waals surface area (Å²) < 4.78 is 4.49. The molecule has 0 aromatic heterocycles. The van der Waals surface area contributed by atoms with E-state index in [4.69, 9.17) is 0 Å². The summed E-state index contributed by atoms with van der Waals surface area (Å²) in [5, 5.41) is 10.7. The molecule has 1 rings (SSSR count). The molecule has 33 valence electrons. The van der Waals surface area contributed by atoms with Crippen LogP contribution in [-0.2, 0) is 9.94 Å². The highest BCUT2D eigenvalue weighted by Gasteiger charge is 1.97. The van der Waals surface area contributed by atoms with Gasteiger partial charge >= 0.3 is 0 Å². The van der Waals surface area contributed by atoms with Crippen molar-refractivity contribution in [1.29, 1.82) is 0 Å². The highest BCUT2D eigenvalue weighted by atomic mass is 16.6. The smallest absolute Gasteiger partial charge is 0.186 e. The maximum atomic E-state index is 9.95. The Bertz CT molecular complexity index is 71.2. The van der Waals surface area contributed by atoms with E-state index in [1.807, 2.05) is 0 Å². The molecule has 1 aliphatic rings. The molecule has 0 bridgehead atoms. The molecule has 3 heteroatoms. The van der Waals surface area contributed by atoms with Crippen molar-refractivity contribution in [2.45, 2.75) is 0 Å². The topological polar surface area (TPSA) is 32.4 Å². The fourth-order valence-electron chi connectivity index (χ4n) is 0.270. The van der Waals surface area contributed by atoms with Crippen LogP contribution in [0.4, 0.5) is 0 Å². The summed E-state index contributed by atoms with van der Waals surface area (Å²) in [5.41, 5.74) is 0. The highest BCUT2D eigenvalue weighted by molar-refractivity contribution is 4.72. The van der Waals surface area contributed by atoms with Gasteiger partial charge in [0.05, 0.1) is 6.20 Å². The van der Waals surface area contributed by atoms with Gasteiger partial charge in [-0.3, -0.25) is 0 Å². The number of hydroxylamine groups is 2. The summed E-state index contributed by atoms with van der Waals surface area (Å²) in [7, 11) is 0. The van der Waals surface area contributed by atoms with Gasteiger partial charge in [-0.15, -0.1) is 0 Å². The van der Waals surface area contributed by atoms with Crippen molar-refractivity contribution >= 4 is 0 Å². The second kappa shape index (κ2) is 1.18. The average Bonchev–Trinajstić information content (AvgIpc) is 1.86. The quantitative estimate of drug-likeness (QED) is 0.418. The lowest BCUT2D eigenvalue weighted by atomic mass is 11.0. The molecule has 0 fully saturated rings. The Hall–Kier alpha value is -0.700. The molecular formula is C3H4NO2. The van der Waals surface area contributed by atoms with Crippen LogP contribution in [0.1, 0.15) is 0 Å². The van der Waals surface area contributed by atoms with Crippen molar-refractivity contribution in [3.8, 4) is 0 Å². The van der Waals surface area contributed by atoms with Gasteiger partial charge < -0.3 is 4.74 Å². The zero-order valence-electron chi connectivity index (χ0n) is 3.13. The molecule has 0 N–H and O–H groups in total. The average molecular weight is 86.1 g/mol. The molecule has 1 aliphatic heterocycles. The number of hydrogen-bond donors (Lipinski definition) is 0. The van der Waals surface area contributed by atoms with Crippen LogP contribution in [0.3, 0.4) is 0 Å². The van der Waals surface area contributed by atoms with E-state index in [-0.39, 0.29) is 6.73 Å². The second-order valence-electron chi connectivity index (χ2n) is 0.998. The van der Waals surface area contributed by atoms with E-state index in [2.05, 4.69) is 4.74 Å². The van der Waals surface area contributed by atoms with Gasteiger partial charge in [0.15, 0.2) is 6.73 Å². The first-order valence-corrected chi connectivity index (χ1v) is 1.61. The largest absolute Gasteiger partial charge is 0.477 e. The van der Waals surface area contributed by atoms with Crippen LogP contribution in [0.5, 0.6) is 0 Å². The summed E-state index contributed by atoms with van der Waals surface area (Å²) >= 11 is 0. The standard InChI is InChI=1S/C3H4NO2/c5-4-1-2-6-3-4/h1-2H,3H2. The highest BCUT2D eigenvalue weighted by Crippen LogP contribution is 1.93. The van der Waals surface area contributed by atoms with Crippen LogP contribution in [0, 0.1) is 0 Å². The molecule has 0 unspecified atom stereocenters. The van der Waals surface area contributed by atoms with Gasteiger partial charge in [0.2, 0.25) is 0 Å². The Kier molecular flexibility index (Phi) is 0.686. The number of ether oxygens (including phenoxy) is 1. The zero-order valence-corrected chi connectivity index (χ0v) is 3.13. The van der Waals surface area contributed by atoms with Gasteiger partial charge in [-0.25, -0.2) is 0 Å². The molecule has 0 aliphatic carbocycles. The molecule has 0 amide bonds. The summed E-state index contributed by atoms with van der Waals surface area (Å²) in [4.78, 5) is 0. The van der Waals surface area contributed by atoms with Crippen molar-refractivity contribution in [3.63, 3.8) is 0 Å². The Morgan fingerprint density at radius 1 is 1.83 bits per heavy atom. The molecule has 0 atom stereocenters. The van der Waals surface area contributed by atoms with Crippen molar-refractivity contribution in [2.24, 2.45) is 0 Å². The van der Waals surface area contributed by atoms with E-state index >= 15 is 0 Å². The Morgan fingerprint density at radius 2 is 2.67 bits per heavy atom. The van der Waals surface area contributed by atoms with Gasteiger partial charge in [0.1, 0.15) is 6.26 Å². The SMILES string of the molecule is [O]N1C=COC1. The molecule has 1 heterocycles.